The molecule has 2 bridgehead atoms. The Labute approximate surface area is 128 Å². The Morgan fingerprint density at radius 2 is 2.09 bits per heavy atom. The average Bonchev–Trinajstić information content (AvgIpc) is 2.92. The Morgan fingerprint density at radius 1 is 1.41 bits per heavy atom. The van der Waals surface area contributed by atoms with Gasteiger partial charge in [-0.2, -0.15) is 8.42 Å². The van der Waals surface area contributed by atoms with Crippen molar-refractivity contribution >= 4 is 22.1 Å². The van der Waals surface area contributed by atoms with E-state index in [0.717, 1.165) is 0 Å². The molecule has 0 aromatic heterocycles. The van der Waals surface area contributed by atoms with Crippen molar-refractivity contribution in [2.45, 2.75) is 43.6 Å². The normalized spacial score (nSPS) is 40.5. The molecular weight excluding hydrogens is 312 g/mol. The van der Waals surface area contributed by atoms with E-state index < -0.39 is 45.6 Å². The van der Waals surface area contributed by atoms with Gasteiger partial charge in [-0.15, -0.1) is 0 Å². The number of esters is 2. The van der Waals surface area contributed by atoms with Gasteiger partial charge >= 0.3 is 11.9 Å². The van der Waals surface area contributed by atoms with E-state index in [9.17, 15) is 18.0 Å². The zero-order valence-electron chi connectivity index (χ0n) is 12.4. The maximum Gasteiger partial charge on any atom is 0.344 e. The Bertz CT molecular complexity index is 652. The van der Waals surface area contributed by atoms with Crippen LogP contribution in [-0.4, -0.2) is 43.9 Å². The summed E-state index contributed by atoms with van der Waals surface area (Å²) < 4.78 is 39.5. The highest BCUT2D eigenvalue weighted by molar-refractivity contribution is 7.87. The molecule has 1 saturated heterocycles. The molecule has 0 aromatic carbocycles. The van der Waals surface area contributed by atoms with Gasteiger partial charge in [-0.3, -0.25) is 4.18 Å². The number of carbonyl (C=O) groups excluding carboxylic acids is 2. The van der Waals surface area contributed by atoms with Gasteiger partial charge in [-0.25, -0.2) is 9.59 Å². The monoisotopic (exact) mass is 330 g/mol. The van der Waals surface area contributed by atoms with E-state index in [1.165, 1.54) is 6.92 Å². The van der Waals surface area contributed by atoms with E-state index in [4.69, 9.17) is 13.7 Å². The van der Waals surface area contributed by atoms with Gasteiger partial charge < -0.3 is 9.47 Å². The number of carbonyl (C=O) groups is 2. The zero-order valence-corrected chi connectivity index (χ0v) is 13.2. The van der Waals surface area contributed by atoms with Crippen LogP contribution in [-0.2, 0) is 33.4 Å². The number of hydrogen-bond donors (Lipinski definition) is 0. The van der Waals surface area contributed by atoms with Crippen molar-refractivity contribution in [3.8, 4) is 0 Å². The fourth-order valence-corrected chi connectivity index (χ4v) is 6.18. The van der Waals surface area contributed by atoms with Crippen molar-refractivity contribution in [3.63, 3.8) is 0 Å². The fraction of sp³-hybridized carbons (Fsp3) is 0.714. The van der Waals surface area contributed by atoms with Crippen molar-refractivity contribution in [1.29, 1.82) is 0 Å². The summed E-state index contributed by atoms with van der Waals surface area (Å²) in [6.45, 7) is 6.11. The highest BCUT2D eigenvalue weighted by Crippen LogP contribution is 2.61. The van der Waals surface area contributed by atoms with Crippen molar-refractivity contribution in [2.75, 3.05) is 6.61 Å². The fourth-order valence-electron chi connectivity index (χ4n) is 3.94. The molecule has 1 aliphatic heterocycles. The summed E-state index contributed by atoms with van der Waals surface area (Å²) in [5, 5.41) is -0.808. The summed E-state index contributed by atoms with van der Waals surface area (Å²) in [5.41, 5.74) is -0.487. The predicted molar refractivity (Wildman–Crippen MR) is 74.1 cm³/mol. The molecule has 2 aliphatic carbocycles. The molecule has 122 valence electrons. The van der Waals surface area contributed by atoms with E-state index in [1.54, 1.807) is 6.92 Å². The highest BCUT2D eigenvalue weighted by Gasteiger charge is 2.71. The summed E-state index contributed by atoms with van der Waals surface area (Å²) >= 11 is 0. The third-order valence-electron chi connectivity index (χ3n) is 4.77. The van der Waals surface area contributed by atoms with Crippen LogP contribution in [0.2, 0.25) is 0 Å². The molecule has 0 N–H and O–H groups in total. The van der Waals surface area contributed by atoms with Crippen LogP contribution in [0.4, 0.5) is 0 Å². The predicted octanol–water partition coefficient (Wildman–Crippen LogP) is 0.545. The summed E-state index contributed by atoms with van der Waals surface area (Å²) in [7, 11) is -3.73. The SMILES string of the molecule is C=C(C)C(=O)OCC(=O)OC1C2CC3C1S(=O)(=O)OC3(C)C2. The van der Waals surface area contributed by atoms with Crippen molar-refractivity contribution in [2.24, 2.45) is 11.8 Å². The van der Waals surface area contributed by atoms with E-state index in [2.05, 4.69) is 6.58 Å². The van der Waals surface area contributed by atoms with Crippen LogP contribution >= 0.6 is 0 Å². The van der Waals surface area contributed by atoms with Crippen LogP contribution in [0.25, 0.3) is 0 Å². The third kappa shape index (κ3) is 2.25. The van der Waals surface area contributed by atoms with Crippen LogP contribution in [0, 0.1) is 11.8 Å². The van der Waals surface area contributed by atoms with E-state index >= 15 is 0 Å². The molecule has 0 spiro atoms. The van der Waals surface area contributed by atoms with Gasteiger partial charge in [0.25, 0.3) is 10.1 Å². The first kappa shape index (κ1) is 15.5. The van der Waals surface area contributed by atoms with Gasteiger partial charge in [0.2, 0.25) is 0 Å². The molecule has 1 heterocycles. The second-order valence-corrected chi connectivity index (χ2v) is 8.17. The molecule has 0 radical (unpaired) electrons. The number of fused-ring (bicyclic) bond motifs is 1. The van der Waals surface area contributed by atoms with Crippen LogP contribution < -0.4 is 0 Å². The minimum Gasteiger partial charge on any atom is -0.458 e. The van der Waals surface area contributed by atoms with Gasteiger partial charge in [-0.05, 0) is 26.7 Å². The Kier molecular flexibility index (Phi) is 3.37. The maximum absolute atomic E-state index is 12.1. The topological polar surface area (TPSA) is 96.0 Å². The molecular formula is C14H18O7S. The molecule has 22 heavy (non-hydrogen) atoms. The molecule has 3 rings (SSSR count). The Morgan fingerprint density at radius 3 is 2.73 bits per heavy atom. The quantitative estimate of drug-likeness (QED) is 0.422. The molecule has 0 amide bonds. The first-order valence-corrected chi connectivity index (χ1v) is 8.58. The first-order chi connectivity index (χ1) is 10.1. The Balaban J connectivity index is 1.66. The molecule has 5 unspecified atom stereocenters. The van der Waals surface area contributed by atoms with E-state index in [-0.39, 0.29) is 17.4 Å². The summed E-state index contributed by atoms with van der Waals surface area (Å²) in [6, 6.07) is 0. The summed E-state index contributed by atoms with van der Waals surface area (Å²) in [6.07, 6.45) is 0.502. The number of rotatable bonds is 4. The molecule has 0 aromatic rings. The molecule has 3 fully saturated rings. The first-order valence-electron chi connectivity index (χ1n) is 7.10. The average molecular weight is 330 g/mol. The molecule has 3 aliphatic rings. The maximum atomic E-state index is 12.1. The lowest BCUT2D eigenvalue weighted by atomic mass is 9.84. The summed E-state index contributed by atoms with van der Waals surface area (Å²) in [4.78, 5) is 23.0. The van der Waals surface area contributed by atoms with Crippen LogP contribution in [0.5, 0.6) is 0 Å². The lowest BCUT2D eigenvalue weighted by Gasteiger charge is -2.29. The van der Waals surface area contributed by atoms with Crippen molar-refractivity contribution < 1.29 is 31.7 Å². The Hall–Kier alpha value is -1.41. The minimum atomic E-state index is -3.73. The number of hydrogen-bond acceptors (Lipinski definition) is 7. The van der Waals surface area contributed by atoms with Crippen LogP contribution in [0.15, 0.2) is 12.2 Å². The second kappa shape index (κ2) is 4.79. The third-order valence-corrected chi connectivity index (χ3v) is 6.65. The van der Waals surface area contributed by atoms with Crippen molar-refractivity contribution in [1.82, 2.24) is 0 Å². The van der Waals surface area contributed by atoms with Crippen LogP contribution in [0.3, 0.4) is 0 Å². The summed E-state index contributed by atoms with van der Waals surface area (Å²) in [5.74, 6) is -1.61. The molecule has 7 nitrogen and oxygen atoms in total. The van der Waals surface area contributed by atoms with Gasteiger partial charge in [0.15, 0.2) is 6.61 Å². The van der Waals surface area contributed by atoms with E-state index in [1.807, 2.05) is 0 Å². The minimum absolute atomic E-state index is 0.0296. The van der Waals surface area contributed by atoms with E-state index in [0.29, 0.717) is 12.8 Å². The zero-order chi connectivity index (χ0) is 16.3. The largest absolute Gasteiger partial charge is 0.458 e. The highest BCUT2D eigenvalue weighted by atomic mass is 32.2. The number of ether oxygens (including phenoxy) is 2. The van der Waals surface area contributed by atoms with Gasteiger partial charge in [0.05, 0.1) is 5.60 Å². The second-order valence-electron chi connectivity index (χ2n) is 6.47. The molecule has 8 heteroatoms. The molecule has 2 saturated carbocycles. The molecule has 5 atom stereocenters. The standard InChI is InChI=1S/C14H18O7S/c1-7(2)13(16)19-6-10(15)20-11-8-4-9-12(11)22(17,18)21-14(9,3)5-8/h8-9,11-12H,1,4-6H2,2-3H3. The lowest BCUT2D eigenvalue weighted by Crippen LogP contribution is -2.43. The van der Waals surface area contributed by atoms with Gasteiger partial charge in [0, 0.05) is 17.4 Å². The van der Waals surface area contributed by atoms with Gasteiger partial charge in [0.1, 0.15) is 11.4 Å². The van der Waals surface area contributed by atoms with Gasteiger partial charge in [-0.1, -0.05) is 6.58 Å². The lowest BCUT2D eigenvalue weighted by molar-refractivity contribution is -0.162. The smallest absolute Gasteiger partial charge is 0.344 e. The van der Waals surface area contributed by atoms with Crippen molar-refractivity contribution in [3.05, 3.63) is 12.2 Å². The van der Waals surface area contributed by atoms with Crippen LogP contribution in [0.1, 0.15) is 26.7 Å².